The van der Waals surface area contributed by atoms with Gasteiger partial charge in [-0.3, -0.25) is 0 Å². The number of aliphatic hydroxyl groups is 3. The predicted molar refractivity (Wildman–Crippen MR) is 76.3 cm³/mol. The van der Waals surface area contributed by atoms with E-state index >= 15 is 0 Å². The predicted octanol–water partition coefficient (Wildman–Crippen LogP) is -0.334. The van der Waals surface area contributed by atoms with Gasteiger partial charge in [-0.2, -0.15) is 0 Å². The first-order valence-corrected chi connectivity index (χ1v) is 7.00. The molecule has 1 saturated heterocycles. The Labute approximate surface area is 129 Å². The van der Waals surface area contributed by atoms with E-state index in [-0.39, 0.29) is 6.61 Å². The SMILES string of the molecule is COc1ccc(CO[C@H]2[C@H](O)[C@H](OC)O[C@@H]2[C@H](O)CO)cc1. The molecule has 7 heteroatoms. The van der Waals surface area contributed by atoms with Gasteiger partial charge in [0.15, 0.2) is 6.29 Å². The molecule has 1 aliphatic rings. The summed E-state index contributed by atoms with van der Waals surface area (Å²) in [6, 6.07) is 7.29. The molecule has 1 aromatic rings. The van der Waals surface area contributed by atoms with Crippen molar-refractivity contribution in [3.63, 3.8) is 0 Å². The van der Waals surface area contributed by atoms with Crippen LogP contribution in [-0.2, 0) is 20.8 Å². The number of benzene rings is 1. The van der Waals surface area contributed by atoms with Crippen molar-refractivity contribution in [2.75, 3.05) is 20.8 Å². The standard InChI is InChI=1S/C15H22O7/c1-19-10-5-3-9(4-6-10)8-21-14-12(18)15(20-2)22-13(14)11(17)7-16/h3-6,11-18H,7-8H2,1-2H3/t11-,12+,13-,14+,15-/m1/s1. The van der Waals surface area contributed by atoms with Crippen LogP contribution in [-0.4, -0.2) is 66.9 Å². The summed E-state index contributed by atoms with van der Waals surface area (Å²) in [6.45, 7) is -0.267. The summed E-state index contributed by atoms with van der Waals surface area (Å²) in [4.78, 5) is 0. The van der Waals surface area contributed by atoms with Gasteiger partial charge < -0.3 is 34.3 Å². The summed E-state index contributed by atoms with van der Waals surface area (Å²) >= 11 is 0. The maximum Gasteiger partial charge on any atom is 0.186 e. The first-order valence-electron chi connectivity index (χ1n) is 7.00. The van der Waals surface area contributed by atoms with Crippen LogP contribution in [0.2, 0.25) is 0 Å². The Balaban J connectivity index is 2.00. The molecule has 0 bridgehead atoms. The summed E-state index contributed by atoms with van der Waals surface area (Å²) in [5, 5.41) is 29.0. The van der Waals surface area contributed by atoms with E-state index in [9.17, 15) is 10.2 Å². The first-order chi connectivity index (χ1) is 10.6. The van der Waals surface area contributed by atoms with Crippen LogP contribution in [0, 0.1) is 0 Å². The van der Waals surface area contributed by atoms with Crippen molar-refractivity contribution in [1.82, 2.24) is 0 Å². The van der Waals surface area contributed by atoms with Gasteiger partial charge >= 0.3 is 0 Å². The van der Waals surface area contributed by atoms with E-state index in [2.05, 4.69) is 0 Å². The van der Waals surface area contributed by atoms with Gasteiger partial charge in [0.1, 0.15) is 30.2 Å². The monoisotopic (exact) mass is 314 g/mol. The summed E-state index contributed by atoms with van der Waals surface area (Å²) in [7, 11) is 2.98. The second-order valence-electron chi connectivity index (χ2n) is 5.07. The molecule has 1 fully saturated rings. The van der Waals surface area contributed by atoms with E-state index in [1.165, 1.54) is 7.11 Å². The highest BCUT2D eigenvalue weighted by atomic mass is 16.7. The number of hydrogen-bond donors (Lipinski definition) is 3. The van der Waals surface area contributed by atoms with Gasteiger partial charge in [-0.1, -0.05) is 12.1 Å². The highest BCUT2D eigenvalue weighted by Crippen LogP contribution is 2.27. The number of aliphatic hydroxyl groups excluding tert-OH is 3. The van der Waals surface area contributed by atoms with Crippen molar-refractivity contribution in [3.05, 3.63) is 29.8 Å². The van der Waals surface area contributed by atoms with Gasteiger partial charge in [0, 0.05) is 7.11 Å². The lowest BCUT2D eigenvalue weighted by Gasteiger charge is -2.23. The normalized spacial score (nSPS) is 29.5. The highest BCUT2D eigenvalue weighted by Gasteiger charge is 2.47. The molecule has 0 spiro atoms. The smallest absolute Gasteiger partial charge is 0.186 e. The molecule has 0 unspecified atom stereocenters. The Bertz CT molecular complexity index is 450. The quantitative estimate of drug-likeness (QED) is 0.634. The Morgan fingerprint density at radius 2 is 1.91 bits per heavy atom. The topological polar surface area (TPSA) is 97.6 Å². The molecule has 1 aliphatic heterocycles. The van der Waals surface area contributed by atoms with Gasteiger partial charge in [-0.15, -0.1) is 0 Å². The fraction of sp³-hybridized carbons (Fsp3) is 0.600. The fourth-order valence-corrected chi connectivity index (χ4v) is 2.38. The molecule has 0 radical (unpaired) electrons. The Morgan fingerprint density at radius 3 is 2.45 bits per heavy atom. The lowest BCUT2D eigenvalue weighted by atomic mass is 10.1. The molecule has 124 valence electrons. The molecule has 3 N–H and O–H groups in total. The summed E-state index contributed by atoms with van der Waals surface area (Å²) in [6.07, 6.45) is -4.76. The number of rotatable bonds is 7. The highest BCUT2D eigenvalue weighted by molar-refractivity contribution is 5.26. The molecule has 5 atom stereocenters. The van der Waals surface area contributed by atoms with Gasteiger partial charge in [0.2, 0.25) is 0 Å². The first kappa shape index (κ1) is 17.1. The lowest BCUT2D eigenvalue weighted by molar-refractivity contribution is -0.167. The minimum Gasteiger partial charge on any atom is -0.497 e. The summed E-state index contributed by atoms with van der Waals surface area (Å²) < 4.78 is 21.1. The largest absolute Gasteiger partial charge is 0.497 e. The minimum absolute atomic E-state index is 0.222. The minimum atomic E-state index is -1.16. The zero-order valence-corrected chi connectivity index (χ0v) is 12.6. The van der Waals surface area contributed by atoms with Crippen molar-refractivity contribution in [2.45, 2.75) is 37.3 Å². The van der Waals surface area contributed by atoms with E-state index in [1.54, 1.807) is 19.2 Å². The number of methoxy groups -OCH3 is 2. The van der Waals surface area contributed by atoms with Gasteiger partial charge in [-0.25, -0.2) is 0 Å². The van der Waals surface area contributed by atoms with E-state index in [0.29, 0.717) is 0 Å². The van der Waals surface area contributed by atoms with E-state index in [4.69, 9.17) is 24.1 Å². The molecule has 1 aromatic carbocycles. The molecular weight excluding hydrogens is 292 g/mol. The van der Waals surface area contributed by atoms with Gasteiger partial charge in [0.25, 0.3) is 0 Å². The average Bonchev–Trinajstić information content (AvgIpc) is 2.88. The van der Waals surface area contributed by atoms with Crippen LogP contribution < -0.4 is 4.74 Å². The zero-order valence-electron chi connectivity index (χ0n) is 12.6. The molecule has 0 aliphatic carbocycles. The van der Waals surface area contributed by atoms with Crippen LogP contribution >= 0.6 is 0 Å². The van der Waals surface area contributed by atoms with Gasteiger partial charge in [0.05, 0.1) is 20.3 Å². The Kier molecular flexibility index (Phi) is 6.13. The maximum atomic E-state index is 10.1. The van der Waals surface area contributed by atoms with Crippen molar-refractivity contribution in [2.24, 2.45) is 0 Å². The third-order valence-corrected chi connectivity index (χ3v) is 3.63. The maximum absolute atomic E-state index is 10.1. The van der Waals surface area contributed by atoms with Crippen LogP contribution in [0.4, 0.5) is 0 Å². The van der Waals surface area contributed by atoms with Gasteiger partial charge in [-0.05, 0) is 17.7 Å². The van der Waals surface area contributed by atoms with Crippen LogP contribution in [0.1, 0.15) is 5.56 Å². The van der Waals surface area contributed by atoms with Crippen LogP contribution in [0.15, 0.2) is 24.3 Å². The molecule has 1 heterocycles. The van der Waals surface area contributed by atoms with Crippen molar-refractivity contribution >= 4 is 0 Å². The van der Waals surface area contributed by atoms with Crippen molar-refractivity contribution in [1.29, 1.82) is 0 Å². The van der Waals surface area contributed by atoms with E-state index in [1.807, 2.05) is 12.1 Å². The van der Waals surface area contributed by atoms with Crippen molar-refractivity contribution in [3.8, 4) is 5.75 Å². The Morgan fingerprint density at radius 1 is 1.23 bits per heavy atom. The van der Waals surface area contributed by atoms with Crippen LogP contribution in [0.25, 0.3) is 0 Å². The second kappa shape index (κ2) is 7.87. The third-order valence-electron chi connectivity index (χ3n) is 3.63. The number of ether oxygens (including phenoxy) is 4. The van der Waals surface area contributed by atoms with Crippen molar-refractivity contribution < 1.29 is 34.3 Å². The lowest BCUT2D eigenvalue weighted by Crippen LogP contribution is -2.42. The molecule has 7 nitrogen and oxygen atoms in total. The van der Waals surface area contributed by atoms with Crippen LogP contribution in [0.5, 0.6) is 5.75 Å². The molecule has 0 aromatic heterocycles. The van der Waals surface area contributed by atoms with Crippen LogP contribution in [0.3, 0.4) is 0 Å². The molecule has 0 saturated carbocycles. The fourth-order valence-electron chi connectivity index (χ4n) is 2.38. The average molecular weight is 314 g/mol. The van der Waals surface area contributed by atoms with E-state index < -0.39 is 37.3 Å². The molecule has 2 rings (SSSR count). The number of hydrogen-bond acceptors (Lipinski definition) is 7. The molecule has 0 amide bonds. The molecule has 22 heavy (non-hydrogen) atoms. The Hall–Kier alpha value is -1.22. The molecular formula is C15H22O7. The summed E-state index contributed by atoms with van der Waals surface area (Å²) in [5.74, 6) is 0.737. The third kappa shape index (κ3) is 3.75. The summed E-state index contributed by atoms with van der Waals surface area (Å²) in [5.41, 5.74) is 0.881. The second-order valence-corrected chi connectivity index (χ2v) is 5.07. The zero-order chi connectivity index (χ0) is 16.1. The van der Waals surface area contributed by atoms with E-state index in [0.717, 1.165) is 11.3 Å².